The summed E-state index contributed by atoms with van der Waals surface area (Å²) in [6.07, 6.45) is 46.9. The van der Waals surface area contributed by atoms with E-state index in [0.29, 0.717) is 0 Å². The highest BCUT2D eigenvalue weighted by atomic mass is 32.3. The van der Waals surface area contributed by atoms with Crippen LogP contribution in [-0.4, -0.2) is 19.8 Å². The number of hydrogen-bond acceptors (Lipinski definition) is 1. The molecule has 0 saturated carbocycles. The monoisotopic (exact) mass is 747 g/mol. The average Bonchev–Trinajstić information content (AvgIpc) is 3.11. The summed E-state index contributed by atoms with van der Waals surface area (Å²) >= 11 is 0. The van der Waals surface area contributed by atoms with Crippen LogP contribution in [-0.2, 0) is 6.42 Å². The minimum Gasteiger partial charge on any atom is -0.351 e. The number of benzene rings is 1. The van der Waals surface area contributed by atoms with Gasteiger partial charge in [0, 0.05) is 9.49 Å². The van der Waals surface area contributed by atoms with Crippen LogP contribution in [0.4, 0.5) is 0 Å². The van der Waals surface area contributed by atoms with E-state index in [1.54, 1.807) is 0 Å². The summed E-state index contributed by atoms with van der Waals surface area (Å²) < 4.78 is 11.4. The van der Waals surface area contributed by atoms with E-state index >= 15 is 0 Å². The molecule has 2 heteroatoms. The molecule has 1 aromatic carbocycles. The molecule has 0 heterocycles. The zero-order valence-corrected chi connectivity index (χ0v) is 38.1. The molecule has 0 fully saturated rings. The Bertz CT molecular complexity index is 820. The zero-order chi connectivity index (χ0) is 38.7. The van der Waals surface area contributed by atoms with Gasteiger partial charge in [-0.3, -0.25) is 0 Å². The largest absolute Gasteiger partial charge is 0.351 e. The van der Waals surface area contributed by atoms with Gasteiger partial charge in [-0.1, -0.05) is 278 Å². The second-order valence-corrected chi connectivity index (χ2v) is 22.7. The Balaban J connectivity index is 0.00000101. The maximum absolute atomic E-state index is 11.4. The smallest absolute Gasteiger partial charge is 0.0134 e. The van der Waals surface area contributed by atoms with Crippen molar-refractivity contribution in [2.75, 3.05) is 5.75 Å². The molecule has 1 nitrogen and oxygen atoms in total. The molecule has 0 aromatic heterocycles. The molecule has 0 aliphatic heterocycles. The normalized spacial score (nSPS) is 12.6. The minimum absolute atomic E-state index is 0.0146. The van der Waals surface area contributed by atoms with Crippen molar-refractivity contribution in [1.82, 2.24) is 0 Å². The fourth-order valence-corrected chi connectivity index (χ4v) is 11.6. The average molecular weight is 747 g/mol. The van der Waals surface area contributed by atoms with Gasteiger partial charge in [0.15, 0.2) is 0 Å². The molecule has 0 bridgehead atoms. The Labute approximate surface area is 332 Å². The summed E-state index contributed by atoms with van der Waals surface area (Å²) in [5.74, 6) is 1.01. The van der Waals surface area contributed by atoms with Gasteiger partial charge in [-0.2, -0.15) is 0 Å². The number of hydrogen-bond donors (Lipinski definition) is 1. The summed E-state index contributed by atoms with van der Waals surface area (Å²) in [6.45, 7) is 17.9. The summed E-state index contributed by atoms with van der Waals surface area (Å²) in [7, 11) is -1.59. The van der Waals surface area contributed by atoms with Gasteiger partial charge in [0.1, 0.15) is 0 Å². The van der Waals surface area contributed by atoms with E-state index in [4.69, 9.17) is 0 Å². The third kappa shape index (κ3) is 29.8. The molecule has 0 amide bonds. The Kier molecular flexibility index (Phi) is 34.7. The Morgan fingerprint density at radius 3 is 0.885 bits per heavy atom. The Morgan fingerprint density at radius 1 is 0.365 bits per heavy atom. The van der Waals surface area contributed by atoms with E-state index in [2.05, 4.69) is 85.7 Å². The quantitative estimate of drug-likeness (QED) is 0.0696. The number of rotatable bonds is 34. The first kappa shape index (κ1) is 51.5. The van der Waals surface area contributed by atoms with Crippen LogP contribution >= 0.6 is 10.3 Å². The van der Waals surface area contributed by atoms with Crippen molar-refractivity contribution in [2.24, 2.45) is 0 Å². The molecule has 0 aliphatic carbocycles. The van der Waals surface area contributed by atoms with Gasteiger partial charge in [0.05, 0.1) is 0 Å². The van der Waals surface area contributed by atoms with E-state index in [1.807, 2.05) is 0 Å². The van der Waals surface area contributed by atoms with Crippen molar-refractivity contribution in [3.63, 3.8) is 0 Å². The van der Waals surface area contributed by atoms with Crippen molar-refractivity contribution in [3.8, 4) is 0 Å². The first-order valence-corrected chi connectivity index (χ1v) is 25.3. The SMILES string of the molecule is CCCCCCCCCCCCCCCCCCS(O)(C(C)(C)C)C(C)(C)C.CCCCCCCCCCCCCCCCCCc1ccccc1. The molecule has 0 radical (unpaired) electrons. The highest BCUT2D eigenvalue weighted by molar-refractivity contribution is 8.31. The molecule has 1 N–H and O–H groups in total. The van der Waals surface area contributed by atoms with Crippen molar-refractivity contribution in [2.45, 2.75) is 277 Å². The van der Waals surface area contributed by atoms with Crippen molar-refractivity contribution >= 4 is 10.3 Å². The first-order valence-electron chi connectivity index (χ1n) is 23.6. The topological polar surface area (TPSA) is 20.2 Å². The predicted molar refractivity (Wildman–Crippen MR) is 244 cm³/mol. The molecule has 0 unspecified atom stereocenters. The predicted octanol–water partition coefficient (Wildman–Crippen LogP) is 18.6. The lowest BCUT2D eigenvalue weighted by atomic mass is 10.0. The Hall–Kier alpha value is -0.470. The molecule has 1 rings (SSSR count). The van der Waals surface area contributed by atoms with Crippen LogP contribution in [0.1, 0.15) is 266 Å². The Morgan fingerprint density at radius 2 is 0.615 bits per heavy atom. The number of aryl methyl sites for hydroxylation is 1. The summed E-state index contributed by atoms with van der Waals surface area (Å²) in [5.41, 5.74) is 1.50. The minimum atomic E-state index is -1.59. The summed E-state index contributed by atoms with van der Waals surface area (Å²) in [4.78, 5) is 0. The molecular formula is C50H98OS. The molecule has 0 atom stereocenters. The van der Waals surface area contributed by atoms with Gasteiger partial charge in [-0.25, -0.2) is 0 Å². The van der Waals surface area contributed by atoms with Gasteiger partial charge in [-0.05, 0) is 30.6 Å². The fourth-order valence-electron chi connectivity index (χ4n) is 7.91. The highest BCUT2D eigenvalue weighted by Crippen LogP contribution is 2.64. The highest BCUT2D eigenvalue weighted by Gasteiger charge is 2.43. The van der Waals surface area contributed by atoms with Crippen molar-refractivity contribution < 1.29 is 4.55 Å². The van der Waals surface area contributed by atoms with Gasteiger partial charge in [0.25, 0.3) is 0 Å². The van der Waals surface area contributed by atoms with E-state index in [9.17, 15) is 4.55 Å². The molecular weight excluding hydrogens is 649 g/mol. The van der Waals surface area contributed by atoms with Gasteiger partial charge in [-0.15, -0.1) is 10.3 Å². The molecule has 0 spiro atoms. The van der Waals surface area contributed by atoms with E-state index < -0.39 is 10.3 Å². The molecule has 310 valence electrons. The van der Waals surface area contributed by atoms with Crippen LogP contribution in [0.3, 0.4) is 0 Å². The maximum atomic E-state index is 11.4. The molecule has 0 saturated heterocycles. The van der Waals surface area contributed by atoms with Crippen LogP contribution < -0.4 is 0 Å². The lowest BCUT2D eigenvalue weighted by molar-refractivity contribution is 0.521. The van der Waals surface area contributed by atoms with Crippen LogP contribution in [0.2, 0.25) is 0 Å². The lowest BCUT2D eigenvalue weighted by Gasteiger charge is -2.54. The van der Waals surface area contributed by atoms with E-state index in [0.717, 1.165) is 5.75 Å². The second kappa shape index (κ2) is 35.0. The maximum Gasteiger partial charge on any atom is 0.0134 e. The third-order valence-corrected chi connectivity index (χ3v) is 16.4. The van der Waals surface area contributed by atoms with Gasteiger partial charge < -0.3 is 4.55 Å². The van der Waals surface area contributed by atoms with Crippen LogP contribution in [0, 0.1) is 0 Å². The molecule has 1 aromatic rings. The standard InChI is InChI=1S/C26H56OS.C24H42/c1-8-9-10-11-12-13-14-15-16-17-18-19-20-21-22-23-24-28(27,25(2,3)4)26(5,6)7;1-2-3-4-5-6-7-8-9-10-11-12-13-14-15-16-18-21-24-22-19-17-20-23-24/h27H,8-24H2,1-7H3;17,19-20,22-23H,2-16,18,21H2,1H3. The van der Waals surface area contributed by atoms with Crippen molar-refractivity contribution in [1.29, 1.82) is 0 Å². The summed E-state index contributed by atoms with van der Waals surface area (Å²) in [6, 6.07) is 10.9. The van der Waals surface area contributed by atoms with E-state index in [-0.39, 0.29) is 9.49 Å². The number of unbranched alkanes of at least 4 members (excludes halogenated alkanes) is 30. The fraction of sp³-hybridized carbons (Fsp3) is 0.880. The van der Waals surface area contributed by atoms with Crippen molar-refractivity contribution in [3.05, 3.63) is 35.9 Å². The van der Waals surface area contributed by atoms with Crippen LogP contribution in [0.25, 0.3) is 0 Å². The zero-order valence-electron chi connectivity index (χ0n) is 37.3. The van der Waals surface area contributed by atoms with Gasteiger partial charge >= 0.3 is 0 Å². The van der Waals surface area contributed by atoms with Crippen LogP contribution in [0.5, 0.6) is 0 Å². The first-order chi connectivity index (χ1) is 25.0. The lowest BCUT2D eigenvalue weighted by Crippen LogP contribution is -2.39. The van der Waals surface area contributed by atoms with E-state index in [1.165, 1.54) is 217 Å². The second-order valence-electron chi connectivity index (χ2n) is 18.5. The summed E-state index contributed by atoms with van der Waals surface area (Å²) in [5, 5.41) is 0. The van der Waals surface area contributed by atoms with Crippen LogP contribution in [0.15, 0.2) is 30.3 Å². The third-order valence-electron chi connectivity index (χ3n) is 11.5. The molecule has 52 heavy (non-hydrogen) atoms. The molecule has 0 aliphatic rings. The van der Waals surface area contributed by atoms with Gasteiger partial charge in [0.2, 0.25) is 0 Å².